The summed E-state index contributed by atoms with van der Waals surface area (Å²) in [6, 6.07) is 41.4. The van der Waals surface area contributed by atoms with Gasteiger partial charge in [0.2, 0.25) is 0 Å². The van der Waals surface area contributed by atoms with Crippen LogP contribution >= 0.6 is 0 Å². The average molecular weight is 705 g/mol. The van der Waals surface area contributed by atoms with E-state index in [1.54, 1.807) is 6.92 Å². The van der Waals surface area contributed by atoms with Crippen molar-refractivity contribution < 1.29 is 30.3 Å². The number of hydrogen-bond acceptors (Lipinski definition) is 4. The van der Waals surface area contributed by atoms with Crippen LogP contribution in [0.5, 0.6) is 0 Å². The van der Waals surface area contributed by atoms with E-state index in [4.69, 9.17) is 10.2 Å². The first-order chi connectivity index (χ1) is 19.0. The zero-order valence-corrected chi connectivity index (χ0v) is 24.9. The molecule has 1 unspecified atom stereocenters. The molecule has 0 spiro atoms. The van der Waals surface area contributed by atoms with E-state index >= 15 is 0 Å². The second kappa shape index (κ2) is 15.4. The summed E-state index contributed by atoms with van der Waals surface area (Å²) in [6.45, 7) is 3.10. The molecule has 2 heterocycles. The summed E-state index contributed by atoms with van der Waals surface area (Å²) in [7, 11) is 0. The van der Waals surface area contributed by atoms with Gasteiger partial charge < -0.3 is 10.2 Å². The summed E-state index contributed by atoms with van der Waals surface area (Å²) in [5.74, 6) is 0.162. The Morgan fingerprint density at radius 3 is 1.35 bits per heavy atom. The van der Waals surface area contributed by atoms with Gasteiger partial charge in [0.1, 0.15) is 0 Å². The Morgan fingerprint density at radius 2 is 1.00 bits per heavy atom. The summed E-state index contributed by atoms with van der Waals surface area (Å²) in [5, 5.41) is 21.9. The van der Waals surface area contributed by atoms with Gasteiger partial charge in [-0.1, -0.05) is 97.1 Å². The monoisotopic (exact) mass is 705 g/mol. The molecule has 2 aromatic heterocycles. The standard InChI is InChI=1S/2C15H11N.C5H10O2.Ir/c2*1-2-8-13-12(6-1)7-5-9-14(13)15-10-3-4-11-16-15;1-4(6)3-5(2)7;/h2*1-11H;3-4,6-7H,1-2H3;/b;;5-3-;. The van der Waals surface area contributed by atoms with Crippen LogP contribution in [0.4, 0.5) is 0 Å². The van der Waals surface area contributed by atoms with Crippen LogP contribution < -0.4 is 0 Å². The molecule has 0 saturated heterocycles. The summed E-state index contributed by atoms with van der Waals surface area (Å²) in [6.07, 6.45) is 4.48. The normalized spacial score (nSPS) is 11.3. The van der Waals surface area contributed by atoms with Gasteiger partial charge >= 0.3 is 0 Å². The van der Waals surface area contributed by atoms with E-state index < -0.39 is 6.10 Å². The minimum atomic E-state index is -0.537. The van der Waals surface area contributed by atoms with Crippen molar-refractivity contribution >= 4 is 21.5 Å². The Balaban J connectivity index is 0.000000177. The Labute approximate surface area is 249 Å². The van der Waals surface area contributed by atoms with E-state index in [9.17, 15) is 0 Å². The molecule has 0 aliphatic rings. The molecule has 1 radical (unpaired) electrons. The van der Waals surface area contributed by atoms with Gasteiger partial charge in [0.05, 0.1) is 23.3 Å². The quantitative estimate of drug-likeness (QED) is 0.181. The first-order valence-corrected chi connectivity index (χ1v) is 12.9. The second-order valence-corrected chi connectivity index (χ2v) is 9.03. The van der Waals surface area contributed by atoms with Crippen LogP contribution in [0, 0.1) is 0 Å². The topological polar surface area (TPSA) is 66.2 Å². The number of aliphatic hydroxyl groups excluding tert-OH is 2. The molecular weight excluding hydrogens is 673 g/mol. The first-order valence-electron chi connectivity index (χ1n) is 12.9. The Bertz CT molecular complexity index is 1520. The molecule has 4 nitrogen and oxygen atoms in total. The summed E-state index contributed by atoms with van der Waals surface area (Å²) >= 11 is 0. The van der Waals surface area contributed by atoms with Crippen molar-refractivity contribution in [2.45, 2.75) is 20.0 Å². The average Bonchev–Trinajstić information content (AvgIpc) is 2.97. The number of allylic oxidation sites excluding steroid dienone is 1. The SMILES string of the molecule is C/C(O)=C/C(C)O.[Ir].c1ccc(-c2cccc3ccccc23)nc1.c1ccc(-c2cccc3ccccc23)nc1. The zero-order valence-electron chi connectivity index (χ0n) is 22.5. The summed E-state index contributed by atoms with van der Waals surface area (Å²) in [4.78, 5) is 8.80. The van der Waals surface area contributed by atoms with Crippen LogP contribution in [0.2, 0.25) is 0 Å². The number of rotatable bonds is 3. The van der Waals surface area contributed by atoms with E-state index in [0.29, 0.717) is 0 Å². The van der Waals surface area contributed by atoms with Gasteiger partial charge in [0.25, 0.3) is 0 Å². The molecule has 0 aliphatic carbocycles. The van der Waals surface area contributed by atoms with Crippen molar-refractivity contribution in [1.29, 1.82) is 0 Å². The van der Waals surface area contributed by atoms with Gasteiger partial charge in [-0.3, -0.25) is 9.97 Å². The van der Waals surface area contributed by atoms with Gasteiger partial charge in [-0.15, -0.1) is 0 Å². The second-order valence-electron chi connectivity index (χ2n) is 9.03. The van der Waals surface area contributed by atoms with Crippen molar-refractivity contribution in [2.75, 3.05) is 0 Å². The van der Waals surface area contributed by atoms with E-state index in [0.717, 1.165) is 11.4 Å². The van der Waals surface area contributed by atoms with Crippen molar-refractivity contribution in [1.82, 2.24) is 9.97 Å². The molecule has 4 aromatic carbocycles. The number of nitrogens with zero attached hydrogens (tertiary/aromatic N) is 2. The van der Waals surface area contributed by atoms with E-state index in [1.807, 2.05) is 48.8 Å². The molecule has 0 saturated carbocycles. The van der Waals surface area contributed by atoms with Crippen LogP contribution in [0.1, 0.15) is 13.8 Å². The Hall–Kier alpha value is -4.15. The molecule has 1 atom stereocenters. The molecule has 40 heavy (non-hydrogen) atoms. The summed E-state index contributed by atoms with van der Waals surface area (Å²) in [5.41, 5.74) is 4.44. The number of fused-ring (bicyclic) bond motifs is 2. The van der Waals surface area contributed by atoms with E-state index in [-0.39, 0.29) is 25.9 Å². The van der Waals surface area contributed by atoms with Crippen LogP contribution in [-0.4, -0.2) is 26.3 Å². The largest absolute Gasteiger partial charge is 0.513 e. The van der Waals surface area contributed by atoms with Crippen molar-refractivity contribution in [3.05, 3.63) is 146 Å². The minimum Gasteiger partial charge on any atom is -0.513 e. The minimum absolute atomic E-state index is 0. The molecule has 0 amide bonds. The first kappa shape index (κ1) is 30.4. The molecule has 0 aliphatic heterocycles. The predicted octanol–water partition coefficient (Wildman–Crippen LogP) is 8.63. The fourth-order valence-electron chi connectivity index (χ4n) is 4.29. The smallest absolute Gasteiger partial charge is 0.0877 e. The number of aromatic nitrogens is 2. The fourth-order valence-corrected chi connectivity index (χ4v) is 4.29. The van der Waals surface area contributed by atoms with Gasteiger partial charge in [-0.05, 0) is 65.7 Å². The third-order valence-electron chi connectivity index (χ3n) is 5.94. The predicted molar refractivity (Wildman–Crippen MR) is 162 cm³/mol. The van der Waals surface area contributed by atoms with Gasteiger partial charge in [-0.2, -0.15) is 0 Å². The molecule has 203 valence electrons. The Kier molecular flexibility index (Phi) is 11.7. The maximum atomic E-state index is 8.49. The van der Waals surface area contributed by atoms with Gasteiger partial charge in [0.15, 0.2) is 0 Å². The molecule has 0 fully saturated rings. The molecular formula is C35H32IrN2O2. The van der Waals surface area contributed by atoms with Crippen LogP contribution in [0.3, 0.4) is 0 Å². The van der Waals surface area contributed by atoms with Gasteiger partial charge in [0, 0.05) is 43.6 Å². The maximum Gasteiger partial charge on any atom is 0.0877 e. The van der Waals surface area contributed by atoms with Crippen LogP contribution in [0.15, 0.2) is 146 Å². The molecule has 2 N–H and O–H groups in total. The number of hydrogen-bond donors (Lipinski definition) is 2. The summed E-state index contributed by atoms with van der Waals surface area (Å²) < 4.78 is 0. The van der Waals surface area contributed by atoms with E-state index in [2.05, 4.69) is 94.9 Å². The molecule has 5 heteroatoms. The van der Waals surface area contributed by atoms with Crippen molar-refractivity contribution in [3.8, 4) is 22.5 Å². The maximum absolute atomic E-state index is 8.49. The third kappa shape index (κ3) is 8.42. The Morgan fingerprint density at radius 1 is 0.600 bits per heavy atom. The van der Waals surface area contributed by atoms with Crippen molar-refractivity contribution in [3.63, 3.8) is 0 Å². The molecule has 6 rings (SSSR count). The number of pyridine rings is 2. The number of aliphatic hydroxyl groups is 2. The molecule has 6 aromatic rings. The third-order valence-corrected chi connectivity index (χ3v) is 5.94. The fraction of sp³-hybridized carbons (Fsp3) is 0.0857. The molecule has 0 bridgehead atoms. The van der Waals surface area contributed by atoms with Crippen LogP contribution in [0.25, 0.3) is 44.1 Å². The van der Waals surface area contributed by atoms with Crippen molar-refractivity contribution in [2.24, 2.45) is 0 Å². The van der Waals surface area contributed by atoms with Gasteiger partial charge in [-0.25, -0.2) is 0 Å². The number of benzene rings is 4. The van der Waals surface area contributed by atoms with Crippen LogP contribution in [-0.2, 0) is 20.1 Å². The van der Waals surface area contributed by atoms with E-state index in [1.165, 1.54) is 45.7 Å². The zero-order chi connectivity index (χ0) is 27.5.